The summed E-state index contributed by atoms with van der Waals surface area (Å²) in [5, 5.41) is 10.8. The molecule has 0 aromatic heterocycles. The van der Waals surface area contributed by atoms with E-state index in [0.29, 0.717) is 5.69 Å². The van der Waals surface area contributed by atoms with Crippen molar-refractivity contribution in [1.82, 2.24) is 0 Å². The zero-order valence-electron chi connectivity index (χ0n) is 15.1. The lowest BCUT2D eigenvalue weighted by molar-refractivity contribution is -0.384. The van der Waals surface area contributed by atoms with E-state index in [-0.39, 0.29) is 22.9 Å². The standard InChI is InChI=1S/C19H20N2O5/c1-19(2,3)18(23)20(4)14-8-10-16(11-9-14)26-17(22)13-6-5-7-15(12-13)21(24)25/h5-12H,1-4H3. The highest BCUT2D eigenvalue weighted by molar-refractivity contribution is 5.96. The Balaban J connectivity index is 2.12. The monoisotopic (exact) mass is 356 g/mol. The van der Waals surface area contributed by atoms with Crippen LogP contribution in [0.4, 0.5) is 11.4 Å². The van der Waals surface area contributed by atoms with Gasteiger partial charge in [-0.25, -0.2) is 4.79 Å². The first-order valence-electron chi connectivity index (χ1n) is 7.94. The zero-order chi connectivity index (χ0) is 19.5. The SMILES string of the molecule is CN(C(=O)C(C)(C)C)c1ccc(OC(=O)c2cccc([N+](=O)[O-])c2)cc1. The zero-order valence-corrected chi connectivity index (χ0v) is 15.1. The molecule has 26 heavy (non-hydrogen) atoms. The minimum absolute atomic E-state index is 0.0427. The number of nitro groups is 1. The third kappa shape index (κ3) is 4.44. The average molecular weight is 356 g/mol. The number of anilines is 1. The molecule has 0 bridgehead atoms. The van der Waals surface area contributed by atoms with Gasteiger partial charge >= 0.3 is 5.97 Å². The number of rotatable bonds is 4. The second kappa shape index (κ2) is 7.35. The van der Waals surface area contributed by atoms with Crippen LogP contribution in [0, 0.1) is 15.5 Å². The van der Waals surface area contributed by atoms with Crippen molar-refractivity contribution in [2.45, 2.75) is 20.8 Å². The Bertz CT molecular complexity index is 838. The van der Waals surface area contributed by atoms with Crippen molar-refractivity contribution in [1.29, 1.82) is 0 Å². The number of carbonyl (C=O) groups is 2. The van der Waals surface area contributed by atoms with E-state index in [0.717, 1.165) is 6.07 Å². The lowest BCUT2D eigenvalue weighted by Crippen LogP contribution is -2.36. The maximum atomic E-state index is 12.3. The Morgan fingerprint density at radius 1 is 1.08 bits per heavy atom. The van der Waals surface area contributed by atoms with Gasteiger partial charge in [-0.05, 0) is 30.3 Å². The molecule has 0 aliphatic heterocycles. The molecule has 0 heterocycles. The Kier molecular flexibility index (Phi) is 5.40. The predicted molar refractivity (Wildman–Crippen MR) is 97.4 cm³/mol. The van der Waals surface area contributed by atoms with Crippen LogP contribution in [0.5, 0.6) is 5.75 Å². The Morgan fingerprint density at radius 2 is 1.69 bits per heavy atom. The molecular weight excluding hydrogens is 336 g/mol. The van der Waals surface area contributed by atoms with Crippen LogP contribution in [0.3, 0.4) is 0 Å². The number of ether oxygens (including phenoxy) is 1. The molecule has 0 spiro atoms. The second-order valence-corrected chi connectivity index (χ2v) is 6.81. The minimum Gasteiger partial charge on any atom is -0.423 e. The molecule has 0 saturated carbocycles. The number of amides is 1. The van der Waals surface area contributed by atoms with Gasteiger partial charge in [0.1, 0.15) is 5.75 Å². The van der Waals surface area contributed by atoms with Crippen LogP contribution >= 0.6 is 0 Å². The van der Waals surface area contributed by atoms with Crippen molar-refractivity contribution >= 4 is 23.3 Å². The van der Waals surface area contributed by atoms with E-state index in [4.69, 9.17) is 4.74 Å². The van der Waals surface area contributed by atoms with Gasteiger partial charge in [0.2, 0.25) is 5.91 Å². The molecule has 7 nitrogen and oxygen atoms in total. The summed E-state index contributed by atoms with van der Waals surface area (Å²) in [6, 6.07) is 11.8. The first kappa shape index (κ1) is 19.1. The molecule has 0 unspecified atom stereocenters. The maximum Gasteiger partial charge on any atom is 0.343 e. The number of nitrogens with zero attached hydrogens (tertiary/aromatic N) is 2. The molecule has 2 aromatic carbocycles. The summed E-state index contributed by atoms with van der Waals surface area (Å²) >= 11 is 0. The van der Waals surface area contributed by atoms with Crippen molar-refractivity contribution in [3.05, 3.63) is 64.2 Å². The number of non-ortho nitro benzene ring substituents is 1. The molecule has 136 valence electrons. The van der Waals surface area contributed by atoms with Gasteiger partial charge in [-0.3, -0.25) is 14.9 Å². The Hall–Kier alpha value is -3.22. The van der Waals surface area contributed by atoms with Crippen molar-refractivity contribution < 1.29 is 19.2 Å². The van der Waals surface area contributed by atoms with Crippen molar-refractivity contribution in [3.63, 3.8) is 0 Å². The molecule has 2 aromatic rings. The number of esters is 1. The maximum absolute atomic E-state index is 12.3. The van der Waals surface area contributed by atoms with E-state index in [1.165, 1.54) is 23.1 Å². The number of benzene rings is 2. The highest BCUT2D eigenvalue weighted by Crippen LogP contribution is 2.24. The summed E-state index contributed by atoms with van der Waals surface area (Å²) in [5.74, 6) is -0.457. The number of hydrogen-bond donors (Lipinski definition) is 0. The molecule has 2 rings (SSSR count). The number of carbonyl (C=O) groups excluding carboxylic acids is 2. The summed E-state index contributed by atoms with van der Waals surface area (Å²) in [5.41, 5.74) is 0.0579. The molecule has 0 aliphatic rings. The van der Waals surface area contributed by atoms with Gasteiger partial charge in [-0.15, -0.1) is 0 Å². The Labute approximate surface area is 151 Å². The van der Waals surface area contributed by atoms with Crippen LogP contribution in [0.25, 0.3) is 0 Å². The molecule has 0 N–H and O–H groups in total. The van der Waals surface area contributed by atoms with Gasteiger partial charge < -0.3 is 9.64 Å². The first-order valence-corrected chi connectivity index (χ1v) is 7.94. The lowest BCUT2D eigenvalue weighted by Gasteiger charge is -2.26. The molecule has 0 atom stereocenters. The number of nitro benzene ring substituents is 1. The first-order chi connectivity index (χ1) is 12.1. The number of hydrogen-bond acceptors (Lipinski definition) is 5. The molecule has 0 fully saturated rings. The average Bonchev–Trinajstić information content (AvgIpc) is 2.60. The third-order valence-corrected chi connectivity index (χ3v) is 3.67. The van der Waals surface area contributed by atoms with Crippen LogP contribution in [-0.4, -0.2) is 23.8 Å². The van der Waals surface area contributed by atoms with E-state index in [9.17, 15) is 19.7 Å². The van der Waals surface area contributed by atoms with Crippen molar-refractivity contribution in [2.24, 2.45) is 5.41 Å². The van der Waals surface area contributed by atoms with E-state index in [1.54, 1.807) is 31.3 Å². The fourth-order valence-corrected chi connectivity index (χ4v) is 2.27. The van der Waals surface area contributed by atoms with Gasteiger partial charge in [-0.1, -0.05) is 26.8 Å². The van der Waals surface area contributed by atoms with E-state index < -0.39 is 16.3 Å². The lowest BCUT2D eigenvalue weighted by atomic mass is 9.95. The highest BCUT2D eigenvalue weighted by Gasteiger charge is 2.25. The third-order valence-electron chi connectivity index (χ3n) is 3.67. The quantitative estimate of drug-likeness (QED) is 0.359. The van der Waals surface area contributed by atoms with Crippen LogP contribution in [0.2, 0.25) is 0 Å². The summed E-state index contributed by atoms with van der Waals surface area (Å²) in [7, 11) is 1.68. The van der Waals surface area contributed by atoms with Crippen LogP contribution in [0.1, 0.15) is 31.1 Å². The largest absolute Gasteiger partial charge is 0.423 e. The summed E-state index contributed by atoms with van der Waals surface area (Å²) in [6.45, 7) is 5.50. The van der Waals surface area contributed by atoms with Gasteiger partial charge in [0, 0.05) is 30.3 Å². The van der Waals surface area contributed by atoms with E-state index in [1.807, 2.05) is 20.8 Å². The van der Waals surface area contributed by atoms with Crippen molar-refractivity contribution in [3.8, 4) is 5.75 Å². The van der Waals surface area contributed by atoms with Crippen LogP contribution < -0.4 is 9.64 Å². The molecule has 0 radical (unpaired) electrons. The van der Waals surface area contributed by atoms with Crippen LogP contribution in [0.15, 0.2) is 48.5 Å². The molecule has 7 heteroatoms. The fourth-order valence-electron chi connectivity index (χ4n) is 2.27. The second-order valence-electron chi connectivity index (χ2n) is 6.81. The fraction of sp³-hybridized carbons (Fsp3) is 0.263. The summed E-state index contributed by atoms with van der Waals surface area (Å²) in [4.78, 5) is 36.2. The molecule has 1 amide bonds. The van der Waals surface area contributed by atoms with Gasteiger partial charge in [0.15, 0.2) is 0 Å². The molecular formula is C19H20N2O5. The topological polar surface area (TPSA) is 89.8 Å². The van der Waals surface area contributed by atoms with Crippen LogP contribution in [-0.2, 0) is 4.79 Å². The summed E-state index contributed by atoms with van der Waals surface area (Å²) in [6.07, 6.45) is 0. The summed E-state index contributed by atoms with van der Waals surface area (Å²) < 4.78 is 5.23. The predicted octanol–water partition coefficient (Wildman–Crippen LogP) is 3.82. The van der Waals surface area contributed by atoms with Gasteiger partial charge in [0.25, 0.3) is 5.69 Å². The van der Waals surface area contributed by atoms with E-state index >= 15 is 0 Å². The van der Waals surface area contributed by atoms with E-state index in [2.05, 4.69) is 0 Å². The smallest absolute Gasteiger partial charge is 0.343 e. The van der Waals surface area contributed by atoms with Crippen molar-refractivity contribution in [2.75, 3.05) is 11.9 Å². The minimum atomic E-state index is -0.694. The van der Waals surface area contributed by atoms with Gasteiger partial charge in [-0.2, -0.15) is 0 Å². The molecule has 0 aliphatic carbocycles. The molecule has 0 saturated heterocycles. The Morgan fingerprint density at radius 3 is 2.23 bits per heavy atom. The van der Waals surface area contributed by atoms with Gasteiger partial charge in [0.05, 0.1) is 10.5 Å². The highest BCUT2D eigenvalue weighted by atomic mass is 16.6. The normalized spacial score (nSPS) is 10.9.